The Bertz CT molecular complexity index is 823. The highest BCUT2D eigenvalue weighted by atomic mass is 32.1. The van der Waals surface area contributed by atoms with Gasteiger partial charge < -0.3 is 9.53 Å². The van der Waals surface area contributed by atoms with Gasteiger partial charge in [-0.3, -0.25) is 0 Å². The van der Waals surface area contributed by atoms with Crippen molar-refractivity contribution in [2.75, 3.05) is 6.26 Å². The highest BCUT2D eigenvalue weighted by Crippen LogP contribution is 2.23. The molecule has 0 atom stereocenters. The molecule has 3 rings (SSSR count). The van der Waals surface area contributed by atoms with Crippen LogP contribution >= 0.6 is 12.6 Å². The number of esters is 1. The molecular weight excluding hydrogens is 356 g/mol. The maximum atomic E-state index is 12.1. The normalized spacial score (nSPS) is 9.19. The topological polar surface area (TPSA) is 43.4 Å². The van der Waals surface area contributed by atoms with Crippen LogP contribution in [-0.2, 0) is 4.79 Å². The third-order valence-corrected chi connectivity index (χ3v) is 3.74. The molecule has 0 saturated heterocycles. The van der Waals surface area contributed by atoms with Crippen molar-refractivity contribution in [2.24, 2.45) is 0 Å². The van der Waals surface area contributed by atoms with Gasteiger partial charge in [0, 0.05) is 0 Å². The van der Waals surface area contributed by atoms with Crippen molar-refractivity contribution in [3.8, 4) is 16.9 Å². The Balaban J connectivity index is 0.000000855. The van der Waals surface area contributed by atoms with E-state index in [1.165, 1.54) is 5.56 Å². The largest absolute Gasteiger partial charge is 0.423 e. The number of hydrogen-bond acceptors (Lipinski definition) is 4. The van der Waals surface area contributed by atoms with Crippen molar-refractivity contribution in [1.82, 2.24) is 0 Å². The van der Waals surface area contributed by atoms with Crippen LogP contribution in [0.15, 0.2) is 72.8 Å². The van der Waals surface area contributed by atoms with Gasteiger partial charge in [0.2, 0.25) is 0 Å². The average Bonchev–Trinajstić information content (AvgIpc) is 2.73. The van der Waals surface area contributed by atoms with Crippen molar-refractivity contribution in [2.45, 2.75) is 13.8 Å². The first kappa shape index (κ1) is 22.2. The lowest BCUT2D eigenvalue weighted by atomic mass is 10.0. The summed E-state index contributed by atoms with van der Waals surface area (Å²) >= 11 is 3.53. The summed E-state index contributed by atoms with van der Waals surface area (Å²) in [6.07, 6.45) is 1.69. The Hall–Kier alpha value is -2.85. The summed E-state index contributed by atoms with van der Waals surface area (Å²) in [5.74, 6) is 0.208. The van der Waals surface area contributed by atoms with Gasteiger partial charge in [0.1, 0.15) is 12.5 Å². The van der Waals surface area contributed by atoms with Crippen LogP contribution in [0.1, 0.15) is 21.5 Å². The van der Waals surface area contributed by atoms with Gasteiger partial charge in [0.15, 0.2) is 0 Å². The van der Waals surface area contributed by atoms with Crippen molar-refractivity contribution in [3.63, 3.8) is 0 Å². The van der Waals surface area contributed by atoms with Crippen LogP contribution in [0.3, 0.4) is 0 Å². The molecular formula is C23H24O3S. The predicted molar refractivity (Wildman–Crippen MR) is 115 cm³/mol. The second-order valence-corrected chi connectivity index (χ2v) is 5.65. The lowest BCUT2D eigenvalue weighted by Crippen LogP contribution is -2.08. The zero-order valence-corrected chi connectivity index (χ0v) is 16.7. The second-order valence-electron chi connectivity index (χ2n) is 5.65. The molecule has 0 spiro atoms. The van der Waals surface area contributed by atoms with Gasteiger partial charge in [0.25, 0.3) is 0 Å². The summed E-state index contributed by atoms with van der Waals surface area (Å²) in [5.41, 5.74) is 5.15. The van der Waals surface area contributed by atoms with Gasteiger partial charge >= 0.3 is 5.97 Å². The van der Waals surface area contributed by atoms with Gasteiger partial charge in [0.05, 0.1) is 5.56 Å². The molecule has 0 aliphatic carbocycles. The number of carbonyl (C=O) groups is 2. The Kier molecular flexibility index (Phi) is 9.62. The molecule has 0 N–H and O–H groups in total. The quantitative estimate of drug-likeness (QED) is 0.368. The number of aryl methyl sites for hydroxylation is 2. The molecule has 0 radical (unpaired) electrons. The first-order valence-electron chi connectivity index (χ1n) is 8.31. The lowest BCUT2D eigenvalue weighted by Gasteiger charge is -2.07. The summed E-state index contributed by atoms with van der Waals surface area (Å²) in [6, 6.07) is 23.3. The maximum absolute atomic E-state index is 12.1. The van der Waals surface area contributed by atoms with E-state index in [0.29, 0.717) is 11.3 Å². The Morgan fingerprint density at radius 2 is 1.07 bits per heavy atom. The van der Waals surface area contributed by atoms with E-state index >= 15 is 0 Å². The zero-order valence-electron chi connectivity index (χ0n) is 15.8. The van der Waals surface area contributed by atoms with Crippen LogP contribution in [0.5, 0.6) is 5.75 Å². The van der Waals surface area contributed by atoms with E-state index < -0.39 is 0 Å². The lowest BCUT2D eigenvalue weighted by molar-refractivity contribution is -0.0980. The fraction of sp³-hybridized carbons (Fsp3) is 0.130. The Morgan fingerprint density at radius 1 is 0.704 bits per heavy atom. The molecule has 0 fully saturated rings. The van der Waals surface area contributed by atoms with E-state index in [4.69, 9.17) is 9.53 Å². The number of hydrogen-bond donors (Lipinski definition) is 1. The van der Waals surface area contributed by atoms with Crippen LogP contribution in [0, 0.1) is 13.8 Å². The van der Waals surface area contributed by atoms with Gasteiger partial charge in [-0.1, -0.05) is 59.7 Å². The maximum Gasteiger partial charge on any atom is 0.343 e. The van der Waals surface area contributed by atoms with Crippen LogP contribution in [-0.4, -0.2) is 19.0 Å². The van der Waals surface area contributed by atoms with Crippen molar-refractivity contribution in [1.29, 1.82) is 0 Å². The first-order valence-corrected chi connectivity index (χ1v) is 9.21. The molecule has 0 saturated carbocycles. The number of rotatable bonds is 3. The highest BCUT2D eigenvalue weighted by molar-refractivity contribution is 7.79. The molecule has 0 unspecified atom stereocenters. The van der Waals surface area contributed by atoms with Crippen molar-refractivity contribution >= 4 is 25.4 Å². The van der Waals surface area contributed by atoms with Crippen LogP contribution < -0.4 is 4.74 Å². The molecule has 0 amide bonds. The summed E-state index contributed by atoms with van der Waals surface area (Å²) in [5, 5.41) is 0. The standard InChI is InChI=1S/C21H18O2.CH2O.CH4S/c1-15-3-7-17(8-4-15)18-11-13-20(14-12-18)23-21(22)19-9-5-16(2)6-10-19;2*1-2/h3-14H,1-2H3;1H2;2H,1H3. The molecule has 0 aromatic heterocycles. The molecule has 0 aliphatic heterocycles. The van der Waals surface area contributed by atoms with E-state index in [2.05, 4.69) is 43.8 Å². The fourth-order valence-corrected chi connectivity index (χ4v) is 2.32. The Labute approximate surface area is 166 Å². The molecule has 140 valence electrons. The highest BCUT2D eigenvalue weighted by Gasteiger charge is 2.08. The van der Waals surface area contributed by atoms with Crippen LogP contribution in [0.2, 0.25) is 0 Å². The summed E-state index contributed by atoms with van der Waals surface area (Å²) < 4.78 is 5.41. The van der Waals surface area contributed by atoms with E-state index in [9.17, 15) is 4.79 Å². The number of benzene rings is 3. The minimum Gasteiger partial charge on any atom is -0.423 e. The third-order valence-electron chi connectivity index (χ3n) is 3.74. The van der Waals surface area contributed by atoms with E-state index in [-0.39, 0.29) is 5.97 Å². The first-order chi connectivity index (χ1) is 13.1. The summed E-state index contributed by atoms with van der Waals surface area (Å²) in [7, 11) is 0. The third kappa shape index (κ3) is 6.76. The van der Waals surface area contributed by atoms with E-state index in [0.717, 1.165) is 16.7 Å². The molecule has 3 nitrogen and oxygen atoms in total. The van der Waals surface area contributed by atoms with Crippen LogP contribution in [0.4, 0.5) is 0 Å². The fourth-order valence-electron chi connectivity index (χ4n) is 2.32. The van der Waals surface area contributed by atoms with Gasteiger partial charge in [-0.05, 0) is 55.5 Å². The summed E-state index contributed by atoms with van der Waals surface area (Å²) in [4.78, 5) is 20.1. The van der Waals surface area contributed by atoms with Gasteiger partial charge in [-0.25, -0.2) is 4.79 Å². The summed E-state index contributed by atoms with van der Waals surface area (Å²) in [6.45, 7) is 6.05. The number of carbonyl (C=O) groups excluding carboxylic acids is 2. The van der Waals surface area contributed by atoms with Gasteiger partial charge in [-0.15, -0.1) is 0 Å². The minimum atomic E-state index is -0.340. The molecule has 0 bridgehead atoms. The zero-order chi connectivity index (χ0) is 20.2. The number of thiol groups is 1. The molecule has 3 aromatic rings. The second kappa shape index (κ2) is 11.7. The van der Waals surface area contributed by atoms with Crippen molar-refractivity contribution in [3.05, 3.63) is 89.5 Å². The van der Waals surface area contributed by atoms with E-state index in [1.54, 1.807) is 18.4 Å². The van der Waals surface area contributed by atoms with Crippen molar-refractivity contribution < 1.29 is 14.3 Å². The SMILES string of the molecule is C=O.CS.Cc1ccc(C(=O)Oc2ccc(-c3ccc(C)cc3)cc2)cc1. The molecule has 0 heterocycles. The Morgan fingerprint density at radius 3 is 1.52 bits per heavy atom. The molecule has 0 aliphatic rings. The van der Waals surface area contributed by atoms with Gasteiger partial charge in [-0.2, -0.15) is 12.6 Å². The van der Waals surface area contributed by atoms with Crippen LogP contribution in [0.25, 0.3) is 11.1 Å². The average molecular weight is 381 g/mol. The minimum absolute atomic E-state index is 0.340. The molecule has 4 heteroatoms. The smallest absolute Gasteiger partial charge is 0.343 e. The predicted octanol–water partition coefficient (Wildman–Crippen LogP) is 5.55. The van der Waals surface area contributed by atoms with E-state index in [1.807, 2.05) is 50.1 Å². The monoisotopic (exact) mass is 380 g/mol. The number of ether oxygens (including phenoxy) is 1. The molecule has 3 aromatic carbocycles. The molecule has 27 heavy (non-hydrogen) atoms.